The Bertz CT molecular complexity index is 424. The minimum atomic E-state index is -0.376. The summed E-state index contributed by atoms with van der Waals surface area (Å²) in [5.41, 5.74) is 3.18. The molecular weight excluding hydrogens is 279 g/mol. The minimum absolute atomic E-state index is 0.128. The van der Waals surface area contributed by atoms with Crippen LogP contribution in [0, 0.1) is 5.82 Å². The summed E-state index contributed by atoms with van der Waals surface area (Å²) in [4.78, 5) is 0. The molecule has 20 heavy (non-hydrogen) atoms. The SMILES string of the molecule is CCOC(CC)(CC)C(Cc1cc(F)ccc1Cl)NN. The molecule has 1 aromatic rings. The predicted octanol–water partition coefficient (Wildman–Crippen LogP) is 3.45. The molecule has 1 atom stereocenters. The summed E-state index contributed by atoms with van der Waals surface area (Å²) in [7, 11) is 0. The molecule has 0 aliphatic carbocycles. The van der Waals surface area contributed by atoms with Gasteiger partial charge < -0.3 is 4.74 Å². The zero-order chi connectivity index (χ0) is 15.2. The lowest BCUT2D eigenvalue weighted by molar-refractivity contribution is -0.0719. The van der Waals surface area contributed by atoms with Gasteiger partial charge in [0.15, 0.2) is 0 Å². The number of halogens is 2. The molecular formula is C15H24ClFN2O. The lowest BCUT2D eigenvalue weighted by Gasteiger charge is -2.39. The van der Waals surface area contributed by atoms with Crippen LogP contribution in [0.5, 0.6) is 0 Å². The van der Waals surface area contributed by atoms with Gasteiger partial charge in [-0.2, -0.15) is 0 Å². The van der Waals surface area contributed by atoms with Crippen molar-refractivity contribution in [2.75, 3.05) is 6.61 Å². The summed E-state index contributed by atoms with van der Waals surface area (Å²) in [6, 6.07) is 4.25. The van der Waals surface area contributed by atoms with Crippen LogP contribution < -0.4 is 11.3 Å². The van der Waals surface area contributed by atoms with Crippen LogP contribution in [0.25, 0.3) is 0 Å². The number of hydrogen-bond donors (Lipinski definition) is 2. The van der Waals surface area contributed by atoms with Gasteiger partial charge in [-0.1, -0.05) is 25.4 Å². The van der Waals surface area contributed by atoms with E-state index in [1.54, 1.807) is 6.07 Å². The fraction of sp³-hybridized carbons (Fsp3) is 0.600. The van der Waals surface area contributed by atoms with E-state index in [1.165, 1.54) is 12.1 Å². The molecule has 3 N–H and O–H groups in total. The van der Waals surface area contributed by atoms with Gasteiger partial charge in [0.25, 0.3) is 0 Å². The zero-order valence-corrected chi connectivity index (χ0v) is 13.1. The molecule has 0 heterocycles. The van der Waals surface area contributed by atoms with E-state index in [-0.39, 0.29) is 17.5 Å². The van der Waals surface area contributed by atoms with E-state index in [4.69, 9.17) is 22.2 Å². The fourth-order valence-corrected chi connectivity index (χ4v) is 2.85. The fourth-order valence-electron chi connectivity index (χ4n) is 2.65. The van der Waals surface area contributed by atoms with Crippen molar-refractivity contribution in [3.63, 3.8) is 0 Å². The summed E-state index contributed by atoms with van der Waals surface area (Å²) in [6.45, 7) is 6.70. The van der Waals surface area contributed by atoms with Crippen molar-refractivity contribution >= 4 is 11.6 Å². The molecule has 0 saturated heterocycles. The summed E-state index contributed by atoms with van der Waals surface area (Å²) >= 11 is 6.13. The molecule has 1 unspecified atom stereocenters. The first-order chi connectivity index (χ1) is 9.52. The molecule has 0 bridgehead atoms. The molecule has 0 aliphatic heterocycles. The molecule has 1 aromatic carbocycles. The van der Waals surface area contributed by atoms with Crippen LogP contribution in [0.4, 0.5) is 4.39 Å². The number of nitrogens with two attached hydrogens (primary N) is 1. The van der Waals surface area contributed by atoms with Crippen LogP contribution in [-0.4, -0.2) is 18.2 Å². The van der Waals surface area contributed by atoms with Crippen LogP contribution in [0.15, 0.2) is 18.2 Å². The van der Waals surface area contributed by atoms with Crippen molar-refractivity contribution in [2.24, 2.45) is 5.84 Å². The summed E-state index contributed by atoms with van der Waals surface area (Å²) in [5.74, 6) is 5.41. The highest BCUT2D eigenvalue weighted by atomic mass is 35.5. The molecule has 0 aliphatic rings. The second-order valence-electron chi connectivity index (χ2n) is 4.86. The normalized spacial score (nSPS) is 13.5. The van der Waals surface area contributed by atoms with Gasteiger partial charge >= 0.3 is 0 Å². The van der Waals surface area contributed by atoms with Gasteiger partial charge in [0.05, 0.1) is 11.6 Å². The molecule has 0 amide bonds. The minimum Gasteiger partial charge on any atom is -0.374 e. The van der Waals surface area contributed by atoms with Crippen LogP contribution in [0.1, 0.15) is 39.2 Å². The van der Waals surface area contributed by atoms with Crippen LogP contribution in [0.3, 0.4) is 0 Å². The van der Waals surface area contributed by atoms with Gasteiger partial charge in [0, 0.05) is 11.6 Å². The first-order valence-electron chi connectivity index (χ1n) is 7.07. The first-order valence-corrected chi connectivity index (χ1v) is 7.44. The van der Waals surface area contributed by atoms with Crippen molar-refractivity contribution in [2.45, 2.75) is 51.7 Å². The maximum atomic E-state index is 13.4. The molecule has 0 spiro atoms. The zero-order valence-electron chi connectivity index (χ0n) is 12.4. The Labute approximate surface area is 125 Å². The van der Waals surface area contributed by atoms with Crippen LogP contribution in [-0.2, 0) is 11.2 Å². The van der Waals surface area contributed by atoms with Gasteiger partial charge in [-0.3, -0.25) is 11.3 Å². The van der Waals surface area contributed by atoms with E-state index in [9.17, 15) is 4.39 Å². The van der Waals surface area contributed by atoms with Gasteiger partial charge in [-0.05, 0) is 49.9 Å². The second kappa shape index (κ2) is 7.93. The first kappa shape index (κ1) is 17.4. The lowest BCUT2D eigenvalue weighted by atomic mass is 9.84. The highest BCUT2D eigenvalue weighted by Gasteiger charge is 2.36. The Morgan fingerprint density at radius 2 is 2.00 bits per heavy atom. The van der Waals surface area contributed by atoms with E-state index in [1.807, 2.05) is 6.92 Å². The van der Waals surface area contributed by atoms with E-state index >= 15 is 0 Å². The smallest absolute Gasteiger partial charge is 0.123 e. The maximum absolute atomic E-state index is 13.4. The average molecular weight is 303 g/mol. The molecule has 3 nitrogen and oxygen atoms in total. The van der Waals surface area contributed by atoms with E-state index < -0.39 is 0 Å². The summed E-state index contributed by atoms with van der Waals surface area (Å²) in [6.07, 6.45) is 2.16. The summed E-state index contributed by atoms with van der Waals surface area (Å²) < 4.78 is 19.3. The number of nitrogens with one attached hydrogen (secondary N) is 1. The van der Waals surface area contributed by atoms with Crippen molar-refractivity contribution in [3.8, 4) is 0 Å². The standard InChI is InChI=1S/C15H24ClFN2O/c1-4-15(5-2,20-6-3)14(19-18)10-11-9-12(17)7-8-13(11)16/h7-9,14,19H,4-6,10,18H2,1-3H3. The number of hydrazine groups is 1. The molecule has 1 rings (SSSR count). The van der Waals surface area contributed by atoms with Crippen LogP contribution in [0.2, 0.25) is 5.02 Å². The quantitative estimate of drug-likeness (QED) is 0.571. The van der Waals surface area contributed by atoms with Gasteiger partial charge in [0.2, 0.25) is 0 Å². The van der Waals surface area contributed by atoms with Crippen molar-refractivity contribution in [1.29, 1.82) is 0 Å². The van der Waals surface area contributed by atoms with Crippen molar-refractivity contribution in [3.05, 3.63) is 34.6 Å². The van der Waals surface area contributed by atoms with E-state index in [0.717, 1.165) is 18.4 Å². The average Bonchev–Trinajstić information content (AvgIpc) is 2.46. The number of rotatable bonds is 8. The monoisotopic (exact) mass is 302 g/mol. The van der Waals surface area contributed by atoms with Crippen molar-refractivity contribution in [1.82, 2.24) is 5.43 Å². The predicted molar refractivity (Wildman–Crippen MR) is 81.2 cm³/mol. The Kier molecular flexibility index (Phi) is 6.89. The molecule has 0 saturated carbocycles. The topological polar surface area (TPSA) is 47.3 Å². The maximum Gasteiger partial charge on any atom is 0.123 e. The third-order valence-corrected chi connectivity index (χ3v) is 4.27. The Hall–Kier alpha value is -0.680. The largest absolute Gasteiger partial charge is 0.374 e. The van der Waals surface area contributed by atoms with E-state index in [2.05, 4.69) is 19.3 Å². The third-order valence-electron chi connectivity index (χ3n) is 3.90. The number of hydrogen-bond acceptors (Lipinski definition) is 3. The van der Waals surface area contributed by atoms with Gasteiger partial charge in [-0.15, -0.1) is 0 Å². The van der Waals surface area contributed by atoms with Gasteiger partial charge in [0.1, 0.15) is 5.82 Å². The van der Waals surface area contributed by atoms with Crippen LogP contribution >= 0.6 is 11.6 Å². The molecule has 5 heteroatoms. The lowest BCUT2D eigenvalue weighted by Crippen LogP contribution is -2.55. The Morgan fingerprint density at radius 1 is 1.35 bits per heavy atom. The molecule has 0 aromatic heterocycles. The highest BCUT2D eigenvalue weighted by Crippen LogP contribution is 2.29. The Balaban J connectivity index is 3.02. The van der Waals surface area contributed by atoms with E-state index in [0.29, 0.717) is 18.1 Å². The number of ether oxygens (including phenoxy) is 1. The third kappa shape index (κ3) is 3.92. The number of benzene rings is 1. The van der Waals surface area contributed by atoms with Crippen molar-refractivity contribution < 1.29 is 9.13 Å². The van der Waals surface area contributed by atoms with Gasteiger partial charge in [-0.25, -0.2) is 4.39 Å². The second-order valence-corrected chi connectivity index (χ2v) is 5.27. The molecule has 0 radical (unpaired) electrons. The highest BCUT2D eigenvalue weighted by molar-refractivity contribution is 6.31. The molecule has 0 fully saturated rings. The molecule has 114 valence electrons. The summed E-state index contributed by atoms with van der Waals surface area (Å²) in [5, 5.41) is 0.546. The Morgan fingerprint density at radius 3 is 2.50 bits per heavy atom.